The van der Waals surface area contributed by atoms with Gasteiger partial charge in [0, 0.05) is 24.7 Å². The summed E-state index contributed by atoms with van der Waals surface area (Å²) in [7, 11) is 0. The monoisotopic (exact) mass is 340 g/mol. The molecular formula is C14H21BrN4O. The maximum absolute atomic E-state index is 5.48. The molecule has 0 radical (unpaired) electrons. The summed E-state index contributed by atoms with van der Waals surface area (Å²) in [5.74, 6) is 0.853. The van der Waals surface area contributed by atoms with Gasteiger partial charge in [-0.2, -0.15) is 0 Å². The SMILES string of the molecule is CCN(CC)CCO/N=C1/CC(Br)Nc2ncccc21. The van der Waals surface area contributed by atoms with E-state index >= 15 is 0 Å². The quantitative estimate of drug-likeness (QED) is 0.374. The van der Waals surface area contributed by atoms with E-state index in [4.69, 9.17) is 4.84 Å². The number of rotatable bonds is 6. The van der Waals surface area contributed by atoms with Gasteiger partial charge in [-0.25, -0.2) is 4.98 Å². The molecule has 1 atom stereocenters. The first-order chi connectivity index (χ1) is 9.74. The fourth-order valence-electron chi connectivity index (χ4n) is 2.15. The van der Waals surface area contributed by atoms with E-state index in [1.54, 1.807) is 6.20 Å². The third-order valence-electron chi connectivity index (χ3n) is 3.35. The Morgan fingerprint density at radius 1 is 1.50 bits per heavy atom. The molecule has 0 aliphatic carbocycles. The Morgan fingerprint density at radius 3 is 3.05 bits per heavy atom. The molecule has 1 unspecified atom stereocenters. The molecule has 5 nitrogen and oxygen atoms in total. The number of likely N-dealkylation sites (N-methyl/N-ethyl adjacent to an activating group) is 1. The number of halogens is 1. The van der Waals surface area contributed by atoms with Gasteiger partial charge in [0.25, 0.3) is 0 Å². The normalized spacial score (nSPS) is 19.8. The Balaban J connectivity index is 1.96. The highest BCUT2D eigenvalue weighted by atomic mass is 79.9. The summed E-state index contributed by atoms with van der Waals surface area (Å²) in [5.41, 5.74) is 1.96. The molecule has 2 heterocycles. The highest BCUT2D eigenvalue weighted by Gasteiger charge is 2.22. The van der Waals surface area contributed by atoms with E-state index in [-0.39, 0.29) is 4.95 Å². The summed E-state index contributed by atoms with van der Waals surface area (Å²) in [6, 6.07) is 3.93. The first kappa shape index (κ1) is 15.3. The van der Waals surface area contributed by atoms with Gasteiger partial charge in [-0.15, -0.1) is 0 Å². The lowest BCUT2D eigenvalue weighted by molar-refractivity contribution is 0.114. The number of nitrogens with zero attached hydrogens (tertiary/aromatic N) is 3. The van der Waals surface area contributed by atoms with Crippen LogP contribution in [0.3, 0.4) is 0 Å². The number of hydrogen-bond acceptors (Lipinski definition) is 5. The molecule has 20 heavy (non-hydrogen) atoms. The molecule has 1 aliphatic heterocycles. The smallest absolute Gasteiger partial charge is 0.136 e. The summed E-state index contributed by atoms with van der Waals surface area (Å²) >= 11 is 3.56. The maximum Gasteiger partial charge on any atom is 0.136 e. The number of anilines is 1. The second-order valence-corrected chi connectivity index (χ2v) is 5.72. The minimum atomic E-state index is 0.148. The molecule has 2 rings (SSSR count). The van der Waals surface area contributed by atoms with Gasteiger partial charge in [-0.3, -0.25) is 0 Å². The van der Waals surface area contributed by atoms with Gasteiger partial charge < -0.3 is 15.1 Å². The first-order valence-corrected chi connectivity index (χ1v) is 7.93. The van der Waals surface area contributed by atoms with Crippen molar-refractivity contribution in [2.75, 3.05) is 31.6 Å². The number of aromatic nitrogens is 1. The van der Waals surface area contributed by atoms with Gasteiger partial charge in [0.15, 0.2) is 0 Å². The molecule has 1 aliphatic rings. The molecule has 1 aromatic rings. The number of pyridine rings is 1. The maximum atomic E-state index is 5.48. The first-order valence-electron chi connectivity index (χ1n) is 7.01. The average molecular weight is 341 g/mol. The number of fused-ring (bicyclic) bond motifs is 1. The topological polar surface area (TPSA) is 49.8 Å². The van der Waals surface area contributed by atoms with Crippen molar-refractivity contribution in [1.29, 1.82) is 0 Å². The van der Waals surface area contributed by atoms with Crippen molar-refractivity contribution in [3.05, 3.63) is 23.9 Å². The Morgan fingerprint density at radius 2 is 2.30 bits per heavy atom. The van der Waals surface area contributed by atoms with Gasteiger partial charge >= 0.3 is 0 Å². The zero-order chi connectivity index (χ0) is 14.4. The van der Waals surface area contributed by atoms with Crippen molar-refractivity contribution < 1.29 is 4.84 Å². The minimum absolute atomic E-state index is 0.148. The number of hydrogen-bond donors (Lipinski definition) is 1. The Bertz CT molecular complexity index is 462. The molecule has 6 heteroatoms. The second-order valence-electron chi connectivity index (χ2n) is 4.61. The highest BCUT2D eigenvalue weighted by molar-refractivity contribution is 9.09. The molecule has 110 valence electrons. The third kappa shape index (κ3) is 3.93. The fourth-order valence-corrected chi connectivity index (χ4v) is 2.68. The van der Waals surface area contributed by atoms with Crippen LogP contribution < -0.4 is 5.32 Å². The van der Waals surface area contributed by atoms with E-state index in [2.05, 4.69) is 50.1 Å². The van der Waals surface area contributed by atoms with E-state index in [1.807, 2.05) is 12.1 Å². The van der Waals surface area contributed by atoms with Crippen molar-refractivity contribution in [3.63, 3.8) is 0 Å². The Kier molecular flexibility index (Phi) is 5.79. The van der Waals surface area contributed by atoms with Crippen molar-refractivity contribution in [2.24, 2.45) is 5.16 Å². The van der Waals surface area contributed by atoms with E-state index in [9.17, 15) is 0 Å². The van der Waals surface area contributed by atoms with Crippen LogP contribution in [0.25, 0.3) is 0 Å². The van der Waals surface area contributed by atoms with Crippen molar-refractivity contribution in [1.82, 2.24) is 9.88 Å². The molecule has 1 N–H and O–H groups in total. The van der Waals surface area contributed by atoms with Gasteiger partial charge in [-0.05, 0) is 25.2 Å². The Labute approximate surface area is 128 Å². The fraction of sp³-hybridized carbons (Fsp3) is 0.571. The van der Waals surface area contributed by atoms with E-state index in [1.165, 1.54) is 0 Å². The predicted molar refractivity (Wildman–Crippen MR) is 85.5 cm³/mol. The largest absolute Gasteiger partial charge is 0.394 e. The van der Waals surface area contributed by atoms with Crippen LogP contribution in [0.1, 0.15) is 25.8 Å². The molecule has 1 aromatic heterocycles. The second kappa shape index (κ2) is 7.59. The lowest BCUT2D eigenvalue weighted by Crippen LogP contribution is -2.28. The van der Waals surface area contributed by atoms with Gasteiger partial charge in [0.1, 0.15) is 12.4 Å². The number of oxime groups is 1. The predicted octanol–water partition coefficient (Wildman–Crippen LogP) is 2.68. The third-order valence-corrected chi connectivity index (χ3v) is 3.91. The zero-order valence-electron chi connectivity index (χ0n) is 12.0. The number of alkyl halides is 1. The molecule has 0 aromatic carbocycles. The van der Waals surface area contributed by atoms with Crippen molar-refractivity contribution >= 4 is 27.5 Å². The zero-order valence-corrected chi connectivity index (χ0v) is 13.6. The lowest BCUT2D eigenvalue weighted by Gasteiger charge is -2.23. The van der Waals surface area contributed by atoms with Crippen molar-refractivity contribution in [3.8, 4) is 0 Å². The van der Waals surface area contributed by atoms with Gasteiger partial charge in [0.05, 0.1) is 10.7 Å². The molecule has 0 saturated heterocycles. The standard InChI is InChI=1S/C14H21BrN4O/c1-3-19(4-2)8-9-20-18-12-10-13(15)17-14-11(12)6-5-7-16-14/h5-7,13H,3-4,8-10H2,1-2H3,(H,16,17)/b18-12-. The van der Waals surface area contributed by atoms with Crippen LogP contribution in [0.2, 0.25) is 0 Å². The molecule has 0 saturated carbocycles. The highest BCUT2D eigenvalue weighted by Crippen LogP contribution is 2.25. The van der Waals surface area contributed by atoms with E-state index in [0.29, 0.717) is 6.61 Å². The van der Waals surface area contributed by atoms with Crippen LogP contribution in [0.15, 0.2) is 23.5 Å². The van der Waals surface area contributed by atoms with Gasteiger partial charge in [0.2, 0.25) is 0 Å². The van der Waals surface area contributed by atoms with Gasteiger partial charge in [-0.1, -0.05) is 34.9 Å². The summed E-state index contributed by atoms with van der Waals surface area (Å²) < 4.78 is 0. The lowest BCUT2D eigenvalue weighted by atomic mass is 10.1. The van der Waals surface area contributed by atoms with Crippen LogP contribution in [-0.2, 0) is 4.84 Å². The van der Waals surface area contributed by atoms with E-state index in [0.717, 1.165) is 43.1 Å². The van der Waals surface area contributed by atoms with Crippen LogP contribution in [0, 0.1) is 0 Å². The molecule has 0 bridgehead atoms. The number of nitrogens with one attached hydrogen (secondary N) is 1. The van der Waals surface area contributed by atoms with Crippen LogP contribution in [0.4, 0.5) is 5.82 Å². The minimum Gasteiger partial charge on any atom is -0.394 e. The molecular weight excluding hydrogens is 320 g/mol. The summed E-state index contributed by atoms with van der Waals surface area (Å²) in [6.07, 6.45) is 2.56. The van der Waals surface area contributed by atoms with E-state index < -0.39 is 0 Å². The summed E-state index contributed by atoms with van der Waals surface area (Å²) in [4.78, 5) is 12.3. The van der Waals surface area contributed by atoms with Crippen LogP contribution >= 0.6 is 15.9 Å². The Hall–Kier alpha value is -1.14. The van der Waals surface area contributed by atoms with Crippen LogP contribution in [-0.4, -0.2) is 46.8 Å². The van der Waals surface area contributed by atoms with Crippen molar-refractivity contribution in [2.45, 2.75) is 25.2 Å². The summed E-state index contributed by atoms with van der Waals surface area (Å²) in [5, 5.41) is 7.57. The summed E-state index contributed by atoms with van der Waals surface area (Å²) in [6.45, 7) is 7.90. The average Bonchev–Trinajstić information content (AvgIpc) is 2.47. The molecule has 0 fully saturated rings. The molecule has 0 spiro atoms. The van der Waals surface area contributed by atoms with Crippen LogP contribution in [0.5, 0.6) is 0 Å². The molecule has 0 amide bonds.